The molecule has 0 spiro atoms. The molecule has 74 heavy (non-hydrogen) atoms. The quantitative estimate of drug-likeness (QED) is 0.0577. The van der Waals surface area contributed by atoms with Crippen LogP contribution in [0, 0.1) is 18.8 Å². The van der Waals surface area contributed by atoms with Gasteiger partial charge in [-0.1, -0.05) is 67.4 Å². The standard InChI is InChI=1S/C55H57F2N7O10/c1-37-13-18-47(61-52(68)54(19-20-54)42-14-17-45-46(34-42)74-55(56,57)73-45)60-49(37)40-10-6-11-41(33-40)50(66)58-23-27-71-29-31-72-30-28-70-26-7-12-43-15-16-44-51(67)63(36-59-64(43)44)35-53(69)21-24-62(25-22-53)48(65)32-38(2)39-8-4-3-5-9-39/h3-6,8-11,13-18,33-34,36,38,69H,19-32,35H2,1-2H3,(H,58,66)(H,60,61,68)/t38-/m1/s1. The molecule has 19 heteroatoms. The lowest BCUT2D eigenvalue weighted by Gasteiger charge is -2.38. The molecule has 1 saturated carbocycles. The summed E-state index contributed by atoms with van der Waals surface area (Å²) in [4.78, 5) is 59.5. The number of aromatic nitrogens is 4. The van der Waals surface area contributed by atoms with E-state index in [0.717, 1.165) is 11.1 Å². The molecule has 0 bridgehead atoms. The van der Waals surface area contributed by atoms with Gasteiger partial charge in [-0.05, 0) is 104 Å². The molecule has 1 aliphatic carbocycles. The lowest BCUT2D eigenvalue weighted by atomic mass is 9.90. The van der Waals surface area contributed by atoms with Crippen LogP contribution in [-0.4, -0.2) is 118 Å². The van der Waals surface area contributed by atoms with Gasteiger partial charge in [-0.3, -0.25) is 23.7 Å². The van der Waals surface area contributed by atoms with E-state index in [4.69, 9.17) is 19.2 Å². The molecule has 2 fully saturated rings. The highest BCUT2D eigenvalue weighted by Crippen LogP contribution is 2.52. The smallest absolute Gasteiger partial charge is 0.395 e. The molecular weight excluding hydrogens is 957 g/mol. The second-order valence-corrected chi connectivity index (χ2v) is 18.8. The summed E-state index contributed by atoms with van der Waals surface area (Å²) in [6.07, 6.45) is -0.188. The predicted molar refractivity (Wildman–Crippen MR) is 268 cm³/mol. The van der Waals surface area contributed by atoms with Crippen LogP contribution >= 0.6 is 0 Å². The number of alkyl halides is 2. The molecule has 1 saturated heterocycles. The molecule has 3 aromatic carbocycles. The maximum absolute atomic E-state index is 13.6. The summed E-state index contributed by atoms with van der Waals surface area (Å²) < 4.78 is 56.0. The van der Waals surface area contributed by atoms with Crippen molar-refractivity contribution in [1.29, 1.82) is 0 Å². The van der Waals surface area contributed by atoms with E-state index >= 15 is 0 Å². The number of benzene rings is 3. The van der Waals surface area contributed by atoms with Crippen LogP contribution in [0.1, 0.15) is 77.7 Å². The summed E-state index contributed by atoms with van der Waals surface area (Å²) in [7, 11) is 0. The van der Waals surface area contributed by atoms with Gasteiger partial charge in [0.25, 0.3) is 11.5 Å². The fourth-order valence-electron chi connectivity index (χ4n) is 9.16. The Kier molecular flexibility index (Phi) is 15.5. The van der Waals surface area contributed by atoms with Crippen LogP contribution in [0.5, 0.6) is 11.5 Å². The van der Waals surface area contributed by atoms with Crippen molar-refractivity contribution in [3.63, 3.8) is 0 Å². The van der Waals surface area contributed by atoms with Crippen molar-refractivity contribution in [1.82, 2.24) is 29.4 Å². The lowest BCUT2D eigenvalue weighted by molar-refractivity contribution is -0.286. The van der Waals surface area contributed by atoms with Gasteiger partial charge in [-0.2, -0.15) is 5.10 Å². The molecule has 1 atom stereocenters. The molecule has 0 unspecified atom stereocenters. The van der Waals surface area contributed by atoms with Gasteiger partial charge in [0.2, 0.25) is 11.8 Å². The number of aliphatic hydroxyl groups is 1. The number of hydrogen-bond acceptors (Lipinski definition) is 12. The summed E-state index contributed by atoms with van der Waals surface area (Å²) in [6, 6.07) is 28.2. The van der Waals surface area contributed by atoms with Crippen molar-refractivity contribution in [3.05, 3.63) is 142 Å². The maximum atomic E-state index is 13.6. The molecule has 3 amide bonds. The van der Waals surface area contributed by atoms with Gasteiger partial charge in [0.15, 0.2) is 11.5 Å². The minimum atomic E-state index is -3.75. The van der Waals surface area contributed by atoms with Crippen LogP contribution in [0.2, 0.25) is 0 Å². The fourth-order valence-corrected chi connectivity index (χ4v) is 9.16. The third kappa shape index (κ3) is 12.1. The Bertz CT molecular complexity index is 3140. The highest BCUT2D eigenvalue weighted by molar-refractivity contribution is 6.01. The lowest BCUT2D eigenvalue weighted by Crippen LogP contribution is -2.49. The number of pyridine rings is 1. The molecule has 9 rings (SSSR count). The Balaban J connectivity index is 0.645. The van der Waals surface area contributed by atoms with E-state index in [1.807, 2.05) is 56.3 Å². The van der Waals surface area contributed by atoms with Crippen molar-refractivity contribution < 1.29 is 52.0 Å². The molecule has 386 valence electrons. The second kappa shape index (κ2) is 22.3. The van der Waals surface area contributed by atoms with Crippen molar-refractivity contribution in [2.24, 2.45) is 0 Å². The van der Waals surface area contributed by atoms with Crippen LogP contribution < -0.4 is 25.7 Å². The number of carbonyl (C=O) groups excluding carboxylic acids is 3. The van der Waals surface area contributed by atoms with Gasteiger partial charge in [0, 0.05) is 37.2 Å². The molecule has 0 radical (unpaired) electrons. The van der Waals surface area contributed by atoms with E-state index in [9.17, 15) is 33.1 Å². The van der Waals surface area contributed by atoms with Crippen molar-refractivity contribution in [2.45, 2.75) is 75.7 Å². The van der Waals surface area contributed by atoms with E-state index in [1.165, 1.54) is 27.5 Å². The molecule has 6 aromatic rings. The number of aryl methyl sites for hydroxylation is 1. The van der Waals surface area contributed by atoms with Gasteiger partial charge in [-0.15, -0.1) is 8.78 Å². The second-order valence-electron chi connectivity index (χ2n) is 18.8. The van der Waals surface area contributed by atoms with Crippen molar-refractivity contribution >= 4 is 29.1 Å². The first-order valence-corrected chi connectivity index (χ1v) is 24.6. The Morgan fingerprint density at radius 2 is 1.59 bits per heavy atom. The zero-order chi connectivity index (χ0) is 51.9. The Hall–Kier alpha value is -7.50. The predicted octanol–water partition coefficient (Wildman–Crippen LogP) is 6.24. The number of fused-ring (bicyclic) bond motifs is 2. The topological polar surface area (TPSA) is 197 Å². The van der Waals surface area contributed by atoms with Crippen LogP contribution in [0.4, 0.5) is 14.6 Å². The number of anilines is 1. The largest absolute Gasteiger partial charge is 0.586 e. The van der Waals surface area contributed by atoms with Crippen LogP contribution in [-0.2, 0) is 35.8 Å². The third-order valence-electron chi connectivity index (χ3n) is 13.5. The van der Waals surface area contributed by atoms with Gasteiger partial charge >= 0.3 is 6.29 Å². The Morgan fingerprint density at radius 3 is 2.36 bits per heavy atom. The summed E-state index contributed by atoms with van der Waals surface area (Å²) >= 11 is 0. The highest BCUT2D eigenvalue weighted by Gasteiger charge is 2.53. The first kappa shape index (κ1) is 51.4. The van der Waals surface area contributed by atoms with Gasteiger partial charge < -0.3 is 44.3 Å². The zero-order valence-electron chi connectivity index (χ0n) is 41.1. The number of nitrogens with zero attached hydrogens (tertiary/aromatic N) is 5. The molecule has 3 N–H and O–H groups in total. The number of likely N-dealkylation sites (tertiary alicyclic amines) is 1. The Labute approximate surface area is 425 Å². The normalized spacial score (nSPS) is 16.3. The molecule has 17 nitrogen and oxygen atoms in total. The van der Waals surface area contributed by atoms with Crippen LogP contribution in [0.15, 0.2) is 108 Å². The highest BCUT2D eigenvalue weighted by atomic mass is 19.3. The monoisotopic (exact) mass is 1010 g/mol. The third-order valence-corrected chi connectivity index (χ3v) is 13.5. The molecule has 2 aliphatic heterocycles. The number of amides is 3. The van der Waals surface area contributed by atoms with E-state index in [2.05, 4.69) is 37.0 Å². The average molecular weight is 1010 g/mol. The molecular formula is C55H57F2N7O10. The average Bonchev–Trinajstić information content (AvgIpc) is 4.01. The van der Waals surface area contributed by atoms with E-state index < -0.39 is 17.3 Å². The molecule has 3 aliphatic rings. The van der Waals surface area contributed by atoms with E-state index in [-0.39, 0.29) is 67.0 Å². The first-order chi connectivity index (χ1) is 35.7. The summed E-state index contributed by atoms with van der Waals surface area (Å²) in [5.74, 6) is 5.57. The number of ether oxygens (including phenoxy) is 5. The number of piperidine rings is 1. The fraction of sp³-hybridized carbons (Fsp3) is 0.382. The summed E-state index contributed by atoms with van der Waals surface area (Å²) in [5.41, 5.74) is 2.65. The number of rotatable bonds is 20. The van der Waals surface area contributed by atoms with Gasteiger partial charge in [-0.25, -0.2) is 9.50 Å². The SMILES string of the molecule is Cc1ccc(NC(=O)C2(c3ccc4c(c3)OC(F)(F)O4)CC2)nc1-c1cccc(C(=O)NCCOCCOCCOCC#Cc2ccc3c(=O)n(CC4(O)CCN(C(=O)C[C@@H](C)c5ccccc5)CC4)cnn23)c1. The van der Waals surface area contributed by atoms with Gasteiger partial charge in [0.05, 0.1) is 56.3 Å². The van der Waals surface area contributed by atoms with Gasteiger partial charge in [0.1, 0.15) is 30.0 Å². The Morgan fingerprint density at radius 1 is 0.851 bits per heavy atom. The minimum absolute atomic E-state index is 0.0566. The minimum Gasteiger partial charge on any atom is -0.395 e. The number of nitrogens with one attached hydrogen (secondary N) is 2. The molecule has 3 aromatic heterocycles. The zero-order valence-corrected chi connectivity index (χ0v) is 41.1. The summed E-state index contributed by atoms with van der Waals surface area (Å²) in [5, 5.41) is 21.6. The van der Waals surface area contributed by atoms with Crippen LogP contribution in [0.25, 0.3) is 16.8 Å². The van der Waals surface area contributed by atoms with Crippen molar-refractivity contribution in [3.8, 4) is 34.6 Å². The van der Waals surface area contributed by atoms with E-state index in [1.54, 1.807) is 47.4 Å². The van der Waals surface area contributed by atoms with Crippen LogP contribution in [0.3, 0.4) is 0 Å². The first-order valence-electron chi connectivity index (χ1n) is 24.6. The maximum Gasteiger partial charge on any atom is 0.586 e. The number of carbonyl (C=O) groups is 3. The van der Waals surface area contributed by atoms with E-state index in [0.29, 0.717) is 111 Å². The summed E-state index contributed by atoms with van der Waals surface area (Å²) in [6.45, 7) is 6.72. The number of hydrogen-bond donors (Lipinski definition) is 3. The molecule has 5 heterocycles. The van der Waals surface area contributed by atoms with Crippen molar-refractivity contribution in [2.75, 3.05) is 64.6 Å². The number of halogens is 2.